The van der Waals surface area contributed by atoms with Gasteiger partial charge in [-0.2, -0.15) is 0 Å². The Morgan fingerprint density at radius 2 is 2.00 bits per heavy atom. The van der Waals surface area contributed by atoms with E-state index in [9.17, 15) is 9.59 Å². The van der Waals surface area contributed by atoms with Crippen molar-refractivity contribution >= 4 is 11.8 Å². The Kier molecular flexibility index (Phi) is 4.68. The molecule has 1 heterocycles. The molecule has 0 aliphatic carbocycles. The highest BCUT2D eigenvalue weighted by atomic mass is 16.6. The number of hydrogen-bond donors (Lipinski definition) is 0. The van der Waals surface area contributed by atoms with Gasteiger partial charge >= 0.3 is 5.97 Å². The highest BCUT2D eigenvalue weighted by molar-refractivity contribution is 6.07. The maximum atomic E-state index is 11.8. The normalized spacial score (nSPS) is 23.8. The number of Topliss-reactive ketones (excluding diaryl/α,β-unsaturated/α-hetero) is 1. The summed E-state index contributed by atoms with van der Waals surface area (Å²) < 4.78 is 5.52. The number of ether oxygens (including phenoxy) is 1. The van der Waals surface area contributed by atoms with E-state index in [2.05, 4.69) is 11.8 Å². The lowest BCUT2D eigenvalue weighted by Gasteiger charge is -2.30. The molecule has 0 aromatic carbocycles. The quantitative estimate of drug-likeness (QED) is 0.679. The topological polar surface area (TPSA) is 46.6 Å². The molecule has 0 aromatic heterocycles. The van der Waals surface area contributed by atoms with Gasteiger partial charge in [-0.05, 0) is 33.9 Å². The van der Waals surface area contributed by atoms with E-state index in [-0.39, 0.29) is 11.8 Å². The molecule has 0 saturated heterocycles. The van der Waals surface area contributed by atoms with Crippen molar-refractivity contribution in [3.63, 3.8) is 0 Å². The third-order valence-electron chi connectivity index (χ3n) is 3.79. The molecule has 0 aromatic rings. The molecular weight excluding hydrogens is 230 g/mol. The van der Waals surface area contributed by atoms with Crippen molar-refractivity contribution in [3.05, 3.63) is 11.1 Å². The third kappa shape index (κ3) is 2.64. The number of cyclic esters (lactones) is 1. The first-order chi connectivity index (χ1) is 8.38. The molecule has 1 rings (SSSR count). The van der Waals surface area contributed by atoms with Crippen LogP contribution in [0.15, 0.2) is 11.1 Å². The lowest BCUT2D eigenvalue weighted by molar-refractivity contribution is -0.148. The Hall–Kier alpha value is -1.16. The zero-order valence-electron chi connectivity index (χ0n) is 12.0. The number of nitrogens with zero attached hydrogens (tertiary/aromatic N) is 1. The molecule has 1 atom stereocenters. The molecule has 1 aliphatic heterocycles. The smallest absolute Gasteiger partial charge is 0.335 e. The second-order valence-corrected chi connectivity index (χ2v) is 4.94. The van der Waals surface area contributed by atoms with Crippen molar-refractivity contribution < 1.29 is 14.3 Å². The van der Waals surface area contributed by atoms with Gasteiger partial charge in [0, 0.05) is 24.1 Å². The zero-order chi connectivity index (χ0) is 13.9. The van der Waals surface area contributed by atoms with Gasteiger partial charge in [-0.15, -0.1) is 0 Å². The fourth-order valence-corrected chi connectivity index (χ4v) is 2.46. The monoisotopic (exact) mass is 253 g/mol. The molecule has 4 heteroatoms. The molecule has 4 nitrogen and oxygen atoms in total. The number of carbonyl (C=O) groups excluding carboxylic acids is 2. The van der Waals surface area contributed by atoms with Crippen molar-refractivity contribution in [2.45, 2.75) is 46.1 Å². The largest absolute Gasteiger partial charge is 0.451 e. The molecule has 0 spiro atoms. The molecule has 1 unspecified atom stereocenters. The standard InChI is InChI=1S/C14H23NO3/c1-6-14(8-9-15(5)7-2)12(11(4)16)10(3)13(17)18-14/h6-9H2,1-5H3. The van der Waals surface area contributed by atoms with E-state index >= 15 is 0 Å². The van der Waals surface area contributed by atoms with Crippen LogP contribution in [-0.4, -0.2) is 42.4 Å². The van der Waals surface area contributed by atoms with Crippen LogP contribution in [-0.2, 0) is 14.3 Å². The first kappa shape index (κ1) is 14.9. The Morgan fingerprint density at radius 1 is 1.39 bits per heavy atom. The van der Waals surface area contributed by atoms with E-state index in [4.69, 9.17) is 4.74 Å². The highest BCUT2D eigenvalue weighted by Gasteiger charge is 2.46. The summed E-state index contributed by atoms with van der Waals surface area (Å²) >= 11 is 0. The first-order valence-corrected chi connectivity index (χ1v) is 6.52. The number of rotatable bonds is 6. The van der Waals surface area contributed by atoms with Crippen LogP contribution < -0.4 is 0 Å². The van der Waals surface area contributed by atoms with E-state index < -0.39 is 5.60 Å². The maximum Gasteiger partial charge on any atom is 0.335 e. The van der Waals surface area contributed by atoms with Crippen LogP contribution in [0.2, 0.25) is 0 Å². The van der Waals surface area contributed by atoms with E-state index in [1.807, 2.05) is 14.0 Å². The fraction of sp³-hybridized carbons (Fsp3) is 0.714. The van der Waals surface area contributed by atoms with Gasteiger partial charge in [0.2, 0.25) is 0 Å². The molecule has 0 amide bonds. The van der Waals surface area contributed by atoms with Crippen LogP contribution in [0.4, 0.5) is 0 Å². The molecule has 0 saturated carbocycles. The molecular formula is C14H23NO3. The minimum Gasteiger partial charge on any atom is -0.451 e. The summed E-state index contributed by atoms with van der Waals surface area (Å²) in [6.45, 7) is 8.97. The second kappa shape index (κ2) is 5.65. The Bertz CT molecular complexity index is 387. The van der Waals surface area contributed by atoms with Gasteiger partial charge in [0.15, 0.2) is 5.78 Å². The first-order valence-electron chi connectivity index (χ1n) is 6.52. The van der Waals surface area contributed by atoms with E-state index in [0.717, 1.165) is 13.1 Å². The van der Waals surface area contributed by atoms with Gasteiger partial charge in [-0.3, -0.25) is 4.79 Å². The van der Waals surface area contributed by atoms with Crippen LogP contribution in [0.25, 0.3) is 0 Å². The Balaban J connectivity index is 3.00. The van der Waals surface area contributed by atoms with Gasteiger partial charge in [0.05, 0.1) is 0 Å². The van der Waals surface area contributed by atoms with E-state index in [1.54, 1.807) is 6.92 Å². The molecule has 18 heavy (non-hydrogen) atoms. The van der Waals surface area contributed by atoms with Crippen molar-refractivity contribution in [2.24, 2.45) is 0 Å². The van der Waals surface area contributed by atoms with Crippen LogP contribution in [0.1, 0.15) is 40.5 Å². The average Bonchev–Trinajstić information content (AvgIpc) is 2.59. The average molecular weight is 253 g/mol. The van der Waals surface area contributed by atoms with Crippen LogP contribution in [0.5, 0.6) is 0 Å². The number of esters is 1. The lowest BCUT2D eigenvalue weighted by atomic mass is 9.84. The summed E-state index contributed by atoms with van der Waals surface area (Å²) in [5, 5.41) is 0. The molecule has 0 bridgehead atoms. The van der Waals surface area contributed by atoms with Gasteiger partial charge < -0.3 is 9.64 Å². The summed E-state index contributed by atoms with van der Waals surface area (Å²) in [6, 6.07) is 0. The van der Waals surface area contributed by atoms with Gasteiger partial charge in [-0.25, -0.2) is 4.79 Å². The summed E-state index contributed by atoms with van der Waals surface area (Å²) in [5.74, 6) is -0.402. The Morgan fingerprint density at radius 3 is 2.44 bits per heavy atom. The van der Waals surface area contributed by atoms with Crippen LogP contribution >= 0.6 is 0 Å². The SMILES string of the molecule is CCN(C)CCC1(CC)OC(=O)C(C)=C1C(C)=O. The fourth-order valence-electron chi connectivity index (χ4n) is 2.46. The van der Waals surface area contributed by atoms with Crippen LogP contribution in [0.3, 0.4) is 0 Å². The van der Waals surface area contributed by atoms with Gasteiger partial charge in [0.1, 0.15) is 5.60 Å². The molecule has 102 valence electrons. The van der Waals surface area contributed by atoms with Crippen molar-refractivity contribution in [2.75, 3.05) is 20.1 Å². The Labute approximate surface area is 109 Å². The molecule has 0 radical (unpaired) electrons. The van der Waals surface area contributed by atoms with E-state index in [1.165, 1.54) is 6.92 Å². The van der Waals surface area contributed by atoms with Gasteiger partial charge in [0.25, 0.3) is 0 Å². The molecule has 0 N–H and O–H groups in total. The van der Waals surface area contributed by atoms with E-state index in [0.29, 0.717) is 24.0 Å². The summed E-state index contributed by atoms with van der Waals surface area (Å²) in [6.07, 6.45) is 1.31. The number of hydrogen-bond acceptors (Lipinski definition) is 4. The summed E-state index contributed by atoms with van der Waals surface area (Å²) in [4.78, 5) is 25.7. The van der Waals surface area contributed by atoms with Crippen molar-refractivity contribution in [3.8, 4) is 0 Å². The minimum atomic E-state index is -0.712. The third-order valence-corrected chi connectivity index (χ3v) is 3.79. The summed E-state index contributed by atoms with van der Waals surface area (Å²) in [7, 11) is 2.02. The number of ketones is 1. The van der Waals surface area contributed by atoms with Gasteiger partial charge in [-0.1, -0.05) is 13.8 Å². The predicted molar refractivity (Wildman–Crippen MR) is 70.3 cm³/mol. The van der Waals surface area contributed by atoms with Crippen LogP contribution in [0, 0.1) is 0 Å². The maximum absolute atomic E-state index is 11.8. The molecule has 0 fully saturated rings. The minimum absolute atomic E-state index is 0.0562. The zero-order valence-corrected chi connectivity index (χ0v) is 12.0. The molecule has 1 aliphatic rings. The summed E-state index contributed by atoms with van der Waals surface area (Å²) in [5.41, 5.74) is 0.333. The number of carbonyl (C=O) groups is 2. The van der Waals surface area contributed by atoms with Crippen molar-refractivity contribution in [1.29, 1.82) is 0 Å². The predicted octanol–water partition coefficient (Wildman–Crippen LogP) is 1.94. The van der Waals surface area contributed by atoms with Crippen molar-refractivity contribution in [1.82, 2.24) is 4.90 Å². The second-order valence-electron chi connectivity index (χ2n) is 4.94. The lowest BCUT2D eigenvalue weighted by Crippen LogP contribution is -2.37. The highest BCUT2D eigenvalue weighted by Crippen LogP contribution is 2.38.